The van der Waals surface area contributed by atoms with Crippen LogP contribution in [0.3, 0.4) is 0 Å². The van der Waals surface area contributed by atoms with E-state index in [2.05, 4.69) is 31.4 Å². The van der Waals surface area contributed by atoms with Gasteiger partial charge in [0.25, 0.3) is 5.91 Å². The first kappa shape index (κ1) is 17.7. The summed E-state index contributed by atoms with van der Waals surface area (Å²) >= 11 is 3.38. The molecule has 7 heteroatoms. The molecule has 1 aromatic heterocycles. The number of nitrogens with zero attached hydrogens (tertiary/aromatic N) is 1. The Balaban J connectivity index is 1.59. The average molecular weight is 406 g/mol. The highest BCUT2D eigenvalue weighted by molar-refractivity contribution is 9.10. The van der Waals surface area contributed by atoms with Gasteiger partial charge in [0.05, 0.1) is 5.69 Å². The Morgan fingerprint density at radius 1 is 1.28 bits per heavy atom. The fraction of sp³-hybridized carbons (Fsp3) is 0.389. The van der Waals surface area contributed by atoms with E-state index in [0.717, 1.165) is 35.7 Å². The van der Waals surface area contributed by atoms with Crippen molar-refractivity contribution < 1.29 is 14.3 Å². The van der Waals surface area contributed by atoms with Gasteiger partial charge in [-0.2, -0.15) is 5.10 Å². The van der Waals surface area contributed by atoms with Gasteiger partial charge in [0.15, 0.2) is 6.10 Å². The predicted molar refractivity (Wildman–Crippen MR) is 97.0 cm³/mol. The molecule has 0 bridgehead atoms. The third-order valence-electron chi connectivity index (χ3n) is 4.29. The van der Waals surface area contributed by atoms with Crippen molar-refractivity contribution in [3.05, 3.63) is 40.5 Å². The first-order valence-electron chi connectivity index (χ1n) is 8.35. The van der Waals surface area contributed by atoms with E-state index in [1.807, 2.05) is 24.3 Å². The molecule has 1 unspecified atom stereocenters. The average Bonchev–Trinajstić information content (AvgIpc) is 3.27. The second-order valence-electron chi connectivity index (χ2n) is 6.21. The number of ether oxygens (including phenoxy) is 1. The maximum Gasteiger partial charge on any atom is 0.357 e. The number of H-pyrrole nitrogens is 1. The van der Waals surface area contributed by atoms with Crippen molar-refractivity contribution in [3.63, 3.8) is 0 Å². The fourth-order valence-corrected chi connectivity index (χ4v) is 3.13. The van der Waals surface area contributed by atoms with Crippen LogP contribution in [0.1, 0.15) is 43.1 Å². The van der Waals surface area contributed by atoms with Gasteiger partial charge in [-0.1, -0.05) is 40.9 Å². The van der Waals surface area contributed by atoms with E-state index in [9.17, 15) is 9.59 Å². The highest BCUT2D eigenvalue weighted by Gasteiger charge is 2.24. The Kier molecular flexibility index (Phi) is 5.53. The molecule has 0 radical (unpaired) electrons. The maximum atomic E-state index is 12.2. The van der Waals surface area contributed by atoms with Gasteiger partial charge in [-0.25, -0.2) is 4.79 Å². The topological polar surface area (TPSA) is 84.1 Å². The molecule has 2 N–H and O–H groups in total. The molecule has 1 aliphatic carbocycles. The van der Waals surface area contributed by atoms with E-state index in [1.165, 1.54) is 0 Å². The van der Waals surface area contributed by atoms with Crippen LogP contribution in [0.4, 0.5) is 0 Å². The van der Waals surface area contributed by atoms with E-state index >= 15 is 0 Å². The minimum absolute atomic E-state index is 0.199. The summed E-state index contributed by atoms with van der Waals surface area (Å²) in [7, 11) is 0. The number of nitrogens with one attached hydrogen (secondary N) is 2. The van der Waals surface area contributed by atoms with Crippen LogP contribution in [0.5, 0.6) is 0 Å². The molecule has 132 valence electrons. The zero-order chi connectivity index (χ0) is 17.8. The third kappa shape index (κ3) is 4.48. The summed E-state index contributed by atoms with van der Waals surface area (Å²) in [5.74, 6) is -0.849. The van der Waals surface area contributed by atoms with Gasteiger partial charge in [0, 0.05) is 16.1 Å². The molecule has 2 aromatic rings. The molecule has 0 spiro atoms. The molecular weight excluding hydrogens is 386 g/mol. The summed E-state index contributed by atoms with van der Waals surface area (Å²) in [5, 5.41) is 9.72. The first-order chi connectivity index (χ1) is 12.0. The SMILES string of the molecule is CC(OC(=O)c1cc(-c2ccc(Br)cc2)n[nH]1)C(=O)NC1CCCC1. The number of carbonyl (C=O) groups is 2. The number of rotatable bonds is 5. The lowest BCUT2D eigenvalue weighted by atomic mass is 10.1. The van der Waals surface area contributed by atoms with Crippen molar-refractivity contribution in [2.45, 2.75) is 44.8 Å². The molecule has 25 heavy (non-hydrogen) atoms. The smallest absolute Gasteiger partial charge is 0.357 e. The van der Waals surface area contributed by atoms with Crippen LogP contribution in [0, 0.1) is 0 Å². The van der Waals surface area contributed by atoms with E-state index in [0.29, 0.717) is 5.69 Å². The molecule has 0 aliphatic heterocycles. The third-order valence-corrected chi connectivity index (χ3v) is 4.82. The Morgan fingerprint density at radius 2 is 1.96 bits per heavy atom. The van der Waals surface area contributed by atoms with Crippen LogP contribution in [0.25, 0.3) is 11.3 Å². The number of amides is 1. The number of halogens is 1. The summed E-state index contributed by atoms with van der Waals surface area (Å²) in [6.45, 7) is 1.58. The second kappa shape index (κ2) is 7.82. The number of hydrogen-bond donors (Lipinski definition) is 2. The van der Waals surface area contributed by atoms with E-state index in [4.69, 9.17) is 4.74 Å². The van der Waals surface area contributed by atoms with Gasteiger partial charge in [-0.05, 0) is 38.0 Å². The summed E-state index contributed by atoms with van der Waals surface area (Å²) in [6, 6.07) is 9.41. The lowest BCUT2D eigenvalue weighted by Gasteiger charge is -2.16. The standard InChI is InChI=1S/C18H20BrN3O3/c1-11(17(23)20-14-4-2-3-5-14)25-18(24)16-10-15(21-22-16)12-6-8-13(19)9-7-12/h6-11,14H,2-5H2,1H3,(H,20,23)(H,21,22). The molecule has 1 aliphatic rings. The Morgan fingerprint density at radius 3 is 2.64 bits per heavy atom. The molecule has 1 atom stereocenters. The minimum atomic E-state index is -0.840. The molecule has 0 saturated heterocycles. The molecule has 6 nitrogen and oxygen atoms in total. The Hall–Kier alpha value is -2.15. The largest absolute Gasteiger partial charge is 0.448 e. The van der Waals surface area contributed by atoms with Gasteiger partial charge >= 0.3 is 5.97 Å². The van der Waals surface area contributed by atoms with Crippen LogP contribution >= 0.6 is 15.9 Å². The Bertz CT molecular complexity index is 751. The number of aromatic amines is 1. The molecule has 1 saturated carbocycles. The summed E-state index contributed by atoms with van der Waals surface area (Å²) in [6.07, 6.45) is 3.40. The molecule has 1 amide bonds. The number of carbonyl (C=O) groups excluding carboxylic acids is 2. The highest BCUT2D eigenvalue weighted by Crippen LogP contribution is 2.21. The number of hydrogen-bond acceptors (Lipinski definition) is 4. The van der Waals surface area contributed by atoms with Gasteiger partial charge in [-0.3, -0.25) is 9.89 Å². The number of aromatic nitrogens is 2. The summed E-state index contributed by atoms with van der Waals surface area (Å²) < 4.78 is 6.21. The zero-order valence-corrected chi connectivity index (χ0v) is 15.5. The normalized spacial score (nSPS) is 15.8. The zero-order valence-electron chi connectivity index (χ0n) is 13.9. The summed E-state index contributed by atoms with van der Waals surface area (Å²) in [4.78, 5) is 24.3. The molecule has 1 fully saturated rings. The van der Waals surface area contributed by atoms with Gasteiger partial charge < -0.3 is 10.1 Å². The van der Waals surface area contributed by atoms with Crippen molar-refractivity contribution in [2.24, 2.45) is 0 Å². The second-order valence-corrected chi connectivity index (χ2v) is 7.13. The van der Waals surface area contributed by atoms with Crippen LogP contribution in [0.15, 0.2) is 34.8 Å². The lowest BCUT2D eigenvalue weighted by Crippen LogP contribution is -2.40. The molecule has 1 aromatic carbocycles. The minimum Gasteiger partial charge on any atom is -0.448 e. The van der Waals surface area contributed by atoms with Gasteiger partial charge in [0.2, 0.25) is 0 Å². The lowest BCUT2D eigenvalue weighted by molar-refractivity contribution is -0.129. The molecule has 1 heterocycles. The van der Waals surface area contributed by atoms with Gasteiger partial charge in [0.1, 0.15) is 5.69 Å². The first-order valence-corrected chi connectivity index (χ1v) is 9.15. The van der Waals surface area contributed by atoms with Crippen molar-refractivity contribution in [3.8, 4) is 11.3 Å². The van der Waals surface area contributed by atoms with Crippen LogP contribution in [-0.2, 0) is 9.53 Å². The van der Waals surface area contributed by atoms with E-state index < -0.39 is 12.1 Å². The van der Waals surface area contributed by atoms with Crippen LogP contribution in [0.2, 0.25) is 0 Å². The molecular formula is C18H20BrN3O3. The monoisotopic (exact) mass is 405 g/mol. The van der Waals surface area contributed by atoms with Gasteiger partial charge in [-0.15, -0.1) is 0 Å². The molecule has 3 rings (SSSR count). The van der Waals surface area contributed by atoms with E-state index in [-0.39, 0.29) is 17.6 Å². The quantitative estimate of drug-likeness (QED) is 0.746. The number of benzene rings is 1. The Labute approximate surface area is 154 Å². The highest BCUT2D eigenvalue weighted by atomic mass is 79.9. The fourth-order valence-electron chi connectivity index (χ4n) is 2.86. The maximum absolute atomic E-state index is 12.2. The van der Waals surface area contributed by atoms with Crippen LogP contribution < -0.4 is 5.32 Å². The van der Waals surface area contributed by atoms with Crippen molar-refractivity contribution in [1.29, 1.82) is 0 Å². The van der Waals surface area contributed by atoms with Crippen molar-refractivity contribution in [1.82, 2.24) is 15.5 Å². The van der Waals surface area contributed by atoms with Crippen molar-refractivity contribution >= 4 is 27.8 Å². The van der Waals surface area contributed by atoms with Crippen molar-refractivity contribution in [2.75, 3.05) is 0 Å². The predicted octanol–water partition coefficient (Wildman–Crippen LogP) is 3.44. The number of esters is 1. The van der Waals surface area contributed by atoms with E-state index in [1.54, 1.807) is 13.0 Å². The summed E-state index contributed by atoms with van der Waals surface area (Å²) in [5.41, 5.74) is 1.74. The van der Waals surface area contributed by atoms with Crippen LogP contribution in [-0.4, -0.2) is 34.2 Å².